The molecule has 0 N–H and O–H groups in total. The maximum Gasteiger partial charge on any atom is 0.299 e. The summed E-state index contributed by atoms with van der Waals surface area (Å²) >= 11 is 1.02. The molecule has 1 aromatic carbocycles. The van der Waals surface area contributed by atoms with Crippen LogP contribution in [0.2, 0.25) is 0 Å². The van der Waals surface area contributed by atoms with E-state index in [2.05, 4.69) is 0 Å². The average Bonchev–Trinajstić information content (AvgIpc) is 2.65. The van der Waals surface area contributed by atoms with Gasteiger partial charge in [-0.15, -0.1) is 3.71 Å². The van der Waals surface area contributed by atoms with Crippen LogP contribution in [-0.2, 0) is 22.9 Å². The highest BCUT2D eigenvalue weighted by Gasteiger charge is 2.42. The molecule has 1 rings (SSSR count). The highest BCUT2D eigenvalue weighted by molar-refractivity contribution is 8.08. The lowest BCUT2D eigenvalue weighted by atomic mass is 9.97. The maximum absolute atomic E-state index is 13.4. The third kappa shape index (κ3) is 5.89. The zero-order valence-electron chi connectivity index (χ0n) is 17.3. The zero-order valence-corrected chi connectivity index (χ0v) is 19.0. The second-order valence-corrected chi connectivity index (χ2v) is 9.73. The predicted molar refractivity (Wildman–Crippen MR) is 115 cm³/mol. The number of rotatable bonds is 13. The highest BCUT2D eigenvalue weighted by atomic mass is 32.3. The van der Waals surface area contributed by atoms with E-state index in [0.717, 1.165) is 15.7 Å². The third-order valence-electron chi connectivity index (χ3n) is 4.20. The summed E-state index contributed by atoms with van der Waals surface area (Å²) in [4.78, 5) is 21.3. The van der Waals surface area contributed by atoms with E-state index in [1.54, 1.807) is 6.92 Å². The van der Waals surface area contributed by atoms with Crippen molar-refractivity contribution < 1.29 is 18.3 Å². The van der Waals surface area contributed by atoms with Crippen molar-refractivity contribution >= 4 is 33.3 Å². The number of hydrogen-bond acceptors (Lipinski definition) is 7. The topological polar surface area (TPSA) is 124 Å². The normalized spacial score (nSPS) is 11.8. The fourth-order valence-corrected chi connectivity index (χ4v) is 6.23. The Bertz CT molecular complexity index is 842. The molecule has 0 radical (unpaired) electrons. The molecule has 0 aromatic heterocycles. The molecule has 0 amide bonds. The average molecular weight is 448 g/mol. The lowest BCUT2D eigenvalue weighted by molar-refractivity contribution is -0.400. The van der Waals surface area contributed by atoms with Crippen molar-refractivity contribution in [3.05, 3.63) is 37.4 Å². The van der Waals surface area contributed by atoms with Crippen LogP contribution >= 0.6 is 11.9 Å². The van der Waals surface area contributed by atoms with Crippen LogP contribution in [0.25, 0.3) is 0 Å². The Labute approximate surface area is 176 Å². The Morgan fingerprint density at radius 3 is 2.03 bits per heavy atom. The van der Waals surface area contributed by atoms with Crippen LogP contribution in [0.4, 0.5) is 11.4 Å². The molecule has 0 fully saturated rings. The Hall–Kier alpha value is -1.72. The van der Waals surface area contributed by atoms with Crippen molar-refractivity contribution in [1.82, 2.24) is 3.71 Å². The van der Waals surface area contributed by atoms with Gasteiger partial charge in [0, 0.05) is 23.9 Å². The number of nitrogens with zero attached hydrogens (tertiary/aromatic N) is 3. The first-order chi connectivity index (χ1) is 13.7. The minimum atomic E-state index is -4.45. The van der Waals surface area contributed by atoms with Crippen molar-refractivity contribution in [3.63, 3.8) is 0 Å². The zero-order chi connectivity index (χ0) is 22.2. The van der Waals surface area contributed by atoms with Gasteiger partial charge in [0.05, 0.1) is 9.85 Å². The van der Waals surface area contributed by atoms with Gasteiger partial charge in [-0.25, -0.2) is 8.42 Å². The summed E-state index contributed by atoms with van der Waals surface area (Å²) in [6.45, 7) is 7.47. The molecule has 0 heterocycles. The number of benzene rings is 1. The lowest BCUT2D eigenvalue weighted by Crippen LogP contribution is -2.28. The Kier molecular flexibility index (Phi) is 10.0. The molecule has 1 aromatic rings. The standard InChI is InChI=1S/C18H29N3O6S2/c1-5-9-14-13-16(20(22)23)18(17(21(24)25)15(14)10-6-2)29(26,27)19(11-7-3)28-12-8-4/h13H,5-12H2,1-4H3. The van der Waals surface area contributed by atoms with Crippen molar-refractivity contribution in [2.75, 3.05) is 12.3 Å². The maximum atomic E-state index is 13.4. The van der Waals surface area contributed by atoms with Gasteiger partial charge >= 0.3 is 0 Å². The molecule has 0 aliphatic carbocycles. The molecule has 9 nitrogen and oxygen atoms in total. The molecule has 0 saturated carbocycles. The van der Waals surface area contributed by atoms with Gasteiger partial charge in [-0.1, -0.05) is 52.5 Å². The summed E-state index contributed by atoms with van der Waals surface area (Å²) in [5.74, 6) is 0.483. The fraction of sp³-hybridized carbons (Fsp3) is 0.667. The van der Waals surface area contributed by atoms with Crippen LogP contribution < -0.4 is 0 Å². The van der Waals surface area contributed by atoms with E-state index < -0.39 is 36.1 Å². The smallest absolute Gasteiger partial charge is 0.258 e. The summed E-state index contributed by atoms with van der Waals surface area (Å²) in [6, 6.07) is 1.21. The molecule has 0 saturated heterocycles. The first-order valence-electron chi connectivity index (χ1n) is 9.80. The number of nitro benzene ring substituents is 2. The van der Waals surface area contributed by atoms with Crippen molar-refractivity contribution in [1.29, 1.82) is 0 Å². The van der Waals surface area contributed by atoms with Crippen LogP contribution in [0.3, 0.4) is 0 Å². The molecule has 0 atom stereocenters. The van der Waals surface area contributed by atoms with Gasteiger partial charge in [0.25, 0.3) is 21.4 Å². The largest absolute Gasteiger partial charge is 0.299 e. The van der Waals surface area contributed by atoms with E-state index in [1.165, 1.54) is 6.07 Å². The van der Waals surface area contributed by atoms with Crippen LogP contribution in [0.15, 0.2) is 11.0 Å². The lowest BCUT2D eigenvalue weighted by Gasteiger charge is -2.21. The van der Waals surface area contributed by atoms with Crippen molar-refractivity contribution in [3.8, 4) is 0 Å². The minimum absolute atomic E-state index is 0.112. The second kappa shape index (κ2) is 11.5. The molecule has 0 unspecified atom stereocenters. The molecular formula is C18H29N3O6S2. The number of aryl methyl sites for hydroxylation is 1. The van der Waals surface area contributed by atoms with Crippen molar-refractivity contribution in [2.45, 2.75) is 71.1 Å². The molecule has 0 aliphatic heterocycles. The Morgan fingerprint density at radius 1 is 0.966 bits per heavy atom. The quantitative estimate of drug-likeness (QED) is 0.240. The summed E-state index contributed by atoms with van der Waals surface area (Å²) in [5, 5.41) is 23.7. The van der Waals surface area contributed by atoms with E-state index in [9.17, 15) is 28.6 Å². The molecule has 164 valence electrons. The van der Waals surface area contributed by atoms with Gasteiger partial charge in [-0.05, 0) is 31.2 Å². The third-order valence-corrected chi connectivity index (χ3v) is 7.81. The first-order valence-corrected chi connectivity index (χ1v) is 12.2. The van der Waals surface area contributed by atoms with Gasteiger partial charge in [-0.2, -0.15) is 0 Å². The number of nitro groups is 2. The summed E-state index contributed by atoms with van der Waals surface area (Å²) < 4.78 is 27.9. The Balaban J connectivity index is 3.96. The fourth-order valence-electron chi connectivity index (χ4n) is 3.06. The second-order valence-electron chi connectivity index (χ2n) is 6.59. The molecular weight excluding hydrogens is 418 g/mol. The van der Waals surface area contributed by atoms with E-state index in [4.69, 9.17) is 0 Å². The van der Waals surface area contributed by atoms with Gasteiger partial charge in [-0.3, -0.25) is 20.2 Å². The molecule has 0 spiro atoms. The summed E-state index contributed by atoms with van der Waals surface area (Å²) in [5.41, 5.74) is -0.628. The first kappa shape index (κ1) is 25.3. The van der Waals surface area contributed by atoms with Crippen LogP contribution in [0.1, 0.15) is 64.5 Å². The van der Waals surface area contributed by atoms with Gasteiger partial charge in [0.2, 0.25) is 4.90 Å². The molecule has 11 heteroatoms. The molecule has 29 heavy (non-hydrogen) atoms. The van der Waals surface area contributed by atoms with Crippen LogP contribution in [0, 0.1) is 20.2 Å². The summed E-state index contributed by atoms with van der Waals surface area (Å²) in [6.07, 6.45) is 3.04. The summed E-state index contributed by atoms with van der Waals surface area (Å²) in [7, 11) is -4.45. The minimum Gasteiger partial charge on any atom is -0.258 e. The Morgan fingerprint density at radius 2 is 1.59 bits per heavy atom. The SMILES string of the molecule is CCCSN(CCC)S(=O)(=O)c1c([N+](=O)[O-])cc(CCC)c(CCC)c1[N+](=O)[O-]. The molecule has 0 bridgehead atoms. The van der Waals surface area contributed by atoms with E-state index in [1.807, 2.05) is 20.8 Å². The van der Waals surface area contributed by atoms with Gasteiger partial charge in [0.15, 0.2) is 0 Å². The van der Waals surface area contributed by atoms with Crippen LogP contribution in [0.5, 0.6) is 0 Å². The van der Waals surface area contributed by atoms with Gasteiger partial charge in [0.1, 0.15) is 0 Å². The van der Waals surface area contributed by atoms with E-state index >= 15 is 0 Å². The number of hydrogen-bond donors (Lipinski definition) is 0. The predicted octanol–water partition coefficient (Wildman–Crippen LogP) is 4.87. The molecule has 0 aliphatic rings. The van der Waals surface area contributed by atoms with E-state index in [0.29, 0.717) is 43.4 Å². The number of sulfonamides is 1. The van der Waals surface area contributed by atoms with Gasteiger partial charge < -0.3 is 0 Å². The monoisotopic (exact) mass is 447 g/mol. The van der Waals surface area contributed by atoms with Crippen molar-refractivity contribution in [2.24, 2.45) is 0 Å². The van der Waals surface area contributed by atoms with Crippen LogP contribution in [-0.4, -0.2) is 34.3 Å². The highest BCUT2D eigenvalue weighted by Crippen LogP contribution is 2.42. The van der Waals surface area contributed by atoms with E-state index in [-0.39, 0.29) is 18.5 Å².